The normalized spacial score (nSPS) is 15.9. The third kappa shape index (κ3) is 2.95. The number of benzene rings is 1. The fourth-order valence-corrected chi connectivity index (χ4v) is 3.86. The van der Waals surface area contributed by atoms with E-state index < -0.39 is 11.6 Å². The molecule has 9 heteroatoms. The average Bonchev–Trinajstić information content (AvgIpc) is 2.69. The van der Waals surface area contributed by atoms with Gasteiger partial charge >= 0.3 is 0 Å². The van der Waals surface area contributed by atoms with Crippen LogP contribution in [0.2, 0.25) is 0 Å². The van der Waals surface area contributed by atoms with Crippen molar-refractivity contribution in [3.63, 3.8) is 0 Å². The molecule has 1 aromatic heterocycles. The lowest BCUT2D eigenvalue weighted by molar-refractivity contribution is -0.130. The van der Waals surface area contributed by atoms with E-state index in [9.17, 15) is 14.7 Å². The predicted octanol–water partition coefficient (Wildman–Crippen LogP) is 1.67. The molecule has 1 atom stereocenters. The van der Waals surface area contributed by atoms with E-state index in [1.807, 2.05) is 6.07 Å². The summed E-state index contributed by atoms with van der Waals surface area (Å²) in [4.78, 5) is 27.0. The molecule has 0 unspecified atom stereocenters. The Morgan fingerprint density at radius 1 is 1.18 bits per heavy atom. The lowest BCUT2D eigenvalue weighted by Gasteiger charge is -2.37. The van der Waals surface area contributed by atoms with Crippen molar-refractivity contribution >= 4 is 18.1 Å². The molecule has 0 aliphatic carbocycles. The third-order valence-electron chi connectivity index (χ3n) is 5.22. The summed E-state index contributed by atoms with van der Waals surface area (Å²) in [5, 5.41) is 10.8. The number of rotatable bonds is 3. The molecular weight excluding hydrogens is 382 g/mol. The summed E-state index contributed by atoms with van der Waals surface area (Å²) in [6.07, 6.45) is 0.595. The molecule has 2 aromatic rings. The molecule has 0 radical (unpaired) electrons. The summed E-state index contributed by atoms with van der Waals surface area (Å²) in [6, 6.07) is 2.84. The number of hydrogen-bond acceptors (Lipinski definition) is 6. The molecule has 28 heavy (non-hydrogen) atoms. The topological polar surface area (TPSA) is 85.9 Å². The Bertz CT molecular complexity index is 1070. The summed E-state index contributed by atoms with van der Waals surface area (Å²) < 4.78 is 13.6. The van der Waals surface area contributed by atoms with Crippen molar-refractivity contribution in [1.29, 1.82) is 0 Å². The zero-order chi connectivity index (χ0) is 20.7. The SMILES string of the molecule is COc1cc2c(cc1OC)[C@H](c1c(O)n(C)c(=S)n(C)c1=O)N(C(C)=O)CC2. The van der Waals surface area contributed by atoms with E-state index in [4.69, 9.17) is 21.7 Å². The maximum absolute atomic E-state index is 13.0. The average molecular weight is 405 g/mol. The Labute approximate surface area is 167 Å². The van der Waals surface area contributed by atoms with Crippen LogP contribution in [0.3, 0.4) is 0 Å². The molecule has 0 spiro atoms. The van der Waals surface area contributed by atoms with Gasteiger partial charge in [-0.05, 0) is 41.9 Å². The van der Waals surface area contributed by atoms with E-state index in [1.54, 1.807) is 32.2 Å². The molecular formula is C19H23N3O5S. The maximum Gasteiger partial charge on any atom is 0.263 e. The van der Waals surface area contributed by atoms with Crippen LogP contribution in [0.5, 0.6) is 17.4 Å². The smallest absolute Gasteiger partial charge is 0.263 e. The van der Waals surface area contributed by atoms with Gasteiger partial charge in [-0.25, -0.2) is 0 Å². The van der Waals surface area contributed by atoms with Crippen molar-refractivity contribution in [2.24, 2.45) is 14.1 Å². The molecule has 1 aliphatic rings. The number of ether oxygens (including phenoxy) is 2. The third-order valence-corrected chi connectivity index (χ3v) is 5.77. The fraction of sp³-hybridized carbons (Fsp3) is 0.421. The van der Waals surface area contributed by atoms with Gasteiger partial charge in [-0.3, -0.25) is 18.7 Å². The van der Waals surface area contributed by atoms with Crippen LogP contribution in [0.15, 0.2) is 16.9 Å². The van der Waals surface area contributed by atoms with Gasteiger partial charge in [-0.1, -0.05) is 0 Å². The van der Waals surface area contributed by atoms with Crippen LogP contribution in [0, 0.1) is 4.77 Å². The largest absolute Gasteiger partial charge is 0.494 e. The van der Waals surface area contributed by atoms with Gasteiger partial charge in [0.15, 0.2) is 16.3 Å². The highest BCUT2D eigenvalue weighted by Crippen LogP contribution is 2.42. The fourth-order valence-electron chi connectivity index (χ4n) is 3.70. The molecule has 8 nitrogen and oxygen atoms in total. The summed E-state index contributed by atoms with van der Waals surface area (Å²) in [6.45, 7) is 1.85. The van der Waals surface area contributed by atoms with E-state index in [2.05, 4.69) is 0 Å². The molecule has 1 amide bonds. The van der Waals surface area contributed by atoms with Gasteiger partial charge in [0.05, 0.1) is 20.3 Å². The van der Waals surface area contributed by atoms with Crippen LogP contribution in [0.1, 0.15) is 29.7 Å². The Balaban J connectivity index is 2.38. The first-order valence-electron chi connectivity index (χ1n) is 8.73. The van der Waals surface area contributed by atoms with Crippen molar-refractivity contribution in [2.45, 2.75) is 19.4 Å². The van der Waals surface area contributed by atoms with E-state index in [1.165, 1.54) is 23.2 Å². The van der Waals surface area contributed by atoms with Crippen LogP contribution >= 0.6 is 12.2 Å². The number of fused-ring (bicyclic) bond motifs is 1. The van der Waals surface area contributed by atoms with Crippen LogP contribution in [0.25, 0.3) is 0 Å². The molecule has 0 saturated heterocycles. The minimum absolute atomic E-state index is 0.0990. The zero-order valence-electron chi connectivity index (χ0n) is 16.5. The van der Waals surface area contributed by atoms with Crippen LogP contribution < -0.4 is 15.0 Å². The maximum atomic E-state index is 13.0. The molecule has 1 aromatic carbocycles. The first-order valence-corrected chi connectivity index (χ1v) is 9.14. The lowest BCUT2D eigenvalue weighted by atomic mass is 9.88. The second kappa shape index (κ2) is 7.31. The van der Waals surface area contributed by atoms with E-state index in [-0.39, 0.29) is 22.1 Å². The minimum Gasteiger partial charge on any atom is -0.494 e. The van der Waals surface area contributed by atoms with E-state index in [0.29, 0.717) is 30.0 Å². The Morgan fingerprint density at radius 3 is 2.36 bits per heavy atom. The number of methoxy groups -OCH3 is 2. The van der Waals surface area contributed by atoms with E-state index >= 15 is 0 Å². The molecule has 150 valence electrons. The minimum atomic E-state index is -0.762. The van der Waals surface area contributed by atoms with Crippen LogP contribution in [-0.2, 0) is 25.3 Å². The van der Waals surface area contributed by atoms with Gasteiger partial charge in [0, 0.05) is 27.6 Å². The predicted molar refractivity (Wildman–Crippen MR) is 106 cm³/mol. The number of aromatic hydroxyl groups is 1. The van der Waals surface area contributed by atoms with Crippen LogP contribution in [-0.4, -0.2) is 45.8 Å². The highest BCUT2D eigenvalue weighted by Gasteiger charge is 2.36. The van der Waals surface area contributed by atoms with Gasteiger partial charge in [0.25, 0.3) is 5.56 Å². The van der Waals surface area contributed by atoms with Gasteiger partial charge in [-0.15, -0.1) is 0 Å². The monoisotopic (exact) mass is 405 g/mol. The second-order valence-corrected chi connectivity index (χ2v) is 7.08. The number of nitrogens with zero attached hydrogens (tertiary/aromatic N) is 3. The Hall–Kier alpha value is -2.81. The second-order valence-electron chi connectivity index (χ2n) is 6.71. The quantitative estimate of drug-likeness (QED) is 0.782. The standard InChI is InChI=1S/C19H23N3O5S/c1-10(23)22-7-6-11-8-13(26-4)14(27-5)9-12(11)16(22)15-17(24)20(2)19(28)21(3)18(15)25/h8-9,16,24H,6-7H2,1-5H3/t16-/m1/s1. The first kappa shape index (κ1) is 19.9. The number of carbonyl (C=O) groups is 1. The Morgan fingerprint density at radius 2 is 1.79 bits per heavy atom. The highest BCUT2D eigenvalue weighted by atomic mass is 32.1. The summed E-state index contributed by atoms with van der Waals surface area (Å²) in [7, 11) is 6.20. The Kier molecular flexibility index (Phi) is 5.20. The molecule has 0 saturated carbocycles. The van der Waals surface area contributed by atoms with Gasteiger partial charge < -0.3 is 19.5 Å². The van der Waals surface area contributed by atoms with Crippen molar-refractivity contribution in [3.8, 4) is 17.4 Å². The number of aromatic nitrogens is 2. The summed E-state index contributed by atoms with van der Waals surface area (Å²) in [5.74, 6) is 0.598. The highest BCUT2D eigenvalue weighted by molar-refractivity contribution is 7.71. The van der Waals surface area contributed by atoms with Crippen molar-refractivity contribution in [2.75, 3.05) is 20.8 Å². The zero-order valence-corrected chi connectivity index (χ0v) is 17.3. The van der Waals surface area contributed by atoms with Gasteiger partial charge in [0.2, 0.25) is 11.8 Å². The number of hydrogen-bond donors (Lipinski definition) is 1. The van der Waals surface area contributed by atoms with Gasteiger partial charge in [-0.2, -0.15) is 0 Å². The number of amides is 1. The van der Waals surface area contributed by atoms with Crippen molar-refractivity contribution in [1.82, 2.24) is 14.0 Å². The lowest BCUT2D eigenvalue weighted by Crippen LogP contribution is -2.42. The van der Waals surface area contributed by atoms with E-state index in [0.717, 1.165) is 5.56 Å². The molecule has 2 heterocycles. The summed E-state index contributed by atoms with van der Waals surface area (Å²) >= 11 is 5.21. The molecule has 1 aliphatic heterocycles. The molecule has 3 rings (SSSR count). The molecule has 0 fully saturated rings. The number of carbonyl (C=O) groups excluding carboxylic acids is 1. The first-order chi connectivity index (χ1) is 13.2. The van der Waals surface area contributed by atoms with Crippen LogP contribution in [0.4, 0.5) is 0 Å². The van der Waals surface area contributed by atoms with Crippen molar-refractivity contribution < 1.29 is 19.4 Å². The summed E-state index contributed by atoms with van der Waals surface area (Å²) in [5.41, 5.74) is 1.29. The van der Waals surface area contributed by atoms with Gasteiger partial charge in [0.1, 0.15) is 5.56 Å². The molecule has 0 bridgehead atoms. The van der Waals surface area contributed by atoms with Crippen molar-refractivity contribution in [3.05, 3.63) is 43.9 Å². The molecule has 1 N–H and O–H groups in total.